The molecule has 0 atom stereocenters. The molecule has 0 saturated carbocycles. The zero-order valence-corrected chi connectivity index (χ0v) is 9.47. The van der Waals surface area contributed by atoms with Crippen LogP contribution in [0.25, 0.3) is 11.2 Å². The third-order valence-corrected chi connectivity index (χ3v) is 2.40. The van der Waals surface area contributed by atoms with Crippen LogP contribution in [0.4, 0.5) is 0 Å². The number of aromatic nitrogens is 4. The highest BCUT2D eigenvalue weighted by molar-refractivity contribution is 5.68. The molecule has 0 aromatic carbocycles. The van der Waals surface area contributed by atoms with Crippen molar-refractivity contribution in [2.24, 2.45) is 0 Å². The van der Waals surface area contributed by atoms with Crippen LogP contribution >= 0.6 is 0 Å². The largest absolute Gasteiger partial charge is 0.345 e. The molecule has 2 aromatic rings. The molecular weight excluding hydrogens is 206 g/mol. The van der Waals surface area contributed by atoms with E-state index in [2.05, 4.69) is 20.2 Å². The molecule has 0 spiro atoms. The SMILES string of the molecule is CN(C)CCCn1nnc2c(=O)cc[nH]c21. The zero-order valence-electron chi connectivity index (χ0n) is 9.47. The molecule has 0 radical (unpaired) electrons. The molecule has 2 aromatic heterocycles. The van der Waals surface area contributed by atoms with E-state index in [4.69, 9.17) is 0 Å². The second-order valence-corrected chi connectivity index (χ2v) is 4.01. The van der Waals surface area contributed by atoms with Crippen LogP contribution in [0.15, 0.2) is 17.1 Å². The van der Waals surface area contributed by atoms with Gasteiger partial charge in [-0.2, -0.15) is 0 Å². The van der Waals surface area contributed by atoms with Gasteiger partial charge in [0.05, 0.1) is 0 Å². The summed E-state index contributed by atoms with van der Waals surface area (Å²) in [5, 5.41) is 7.84. The Balaban J connectivity index is 2.19. The number of pyridine rings is 1. The maximum absolute atomic E-state index is 11.4. The maximum atomic E-state index is 11.4. The van der Waals surface area contributed by atoms with Crippen LogP contribution in [0.2, 0.25) is 0 Å². The molecule has 0 fully saturated rings. The summed E-state index contributed by atoms with van der Waals surface area (Å²) in [4.78, 5) is 16.5. The molecule has 6 heteroatoms. The van der Waals surface area contributed by atoms with E-state index in [-0.39, 0.29) is 5.43 Å². The quantitative estimate of drug-likeness (QED) is 0.793. The number of hydrogen-bond acceptors (Lipinski definition) is 4. The van der Waals surface area contributed by atoms with E-state index in [0.717, 1.165) is 19.5 Å². The molecular formula is C10H15N5O. The van der Waals surface area contributed by atoms with Crippen molar-refractivity contribution in [1.82, 2.24) is 24.9 Å². The van der Waals surface area contributed by atoms with Gasteiger partial charge in [0.2, 0.25) is 5.43 Å². The minimum Gasteiger partial charge on any atom is -0.345 e. The van der Waals surface area contributed by atoms with Gasteiger partial charge in [-0.05, 0) is 27.1 Å². The first-order chi connectivity index (χ1) is 7.68. The average Bonchev–Trinajstić information content (AvgIpc) is 2.63. The van der Waals surface area contributed by atoms with Crippen molar-refractivity contribution in [2.45, 2.75) is 13.0 Å². The number of hydrogen-bond donors (Lipinski definition) is 1. The molecule has 0 aliphatic heterocycles. The number of H-pyrrole nitrogens is 1. The van der Waals surface area contributed by atoms with Crippen LogP contribution in [0.3, 0.4) is 0 Å². The van der Waals surface area contributed by atoms with Crippen LogP contribution in [0, 0.1) is 0 Å². The van der Waals surface area contributed by atoms with Crippen molar-refractivity contribution in [3.05, 3.63) is 22.5 Å². The van der Waals surface area contributed by atoms with Crippen LogP contribution in [0.5, 0.6) is 0 Å². The van der Waals surface area contributed by atoms with Gasteiger partial charge in [0, 0.05) is 18.8 Å². The number of fused-ring (bicyclic) bond motifs is 1. The predicted octanol–water partition coefficient (Wildman–Crippen LogP) is 0.0713. The summed E-state index contributed by atoms with van der Waals surface area (Å²) >= 11 is 0. The second-order valence-electron chi connectivity index (χ2n) is 4.01. The Morgan fingerprint density at radius 2 is 2.31 bits per heavy atom. The molecule has 1 N–H and O–H groups in total. The minimum atomic E-state index is -0.0902. The van der Waals surface area contributed by atoms with Crippen molar-refractivity contribution in [3.8, 4) is 0 Å². The first kappa shape index (κ1) is 10.8. The van der Waals surface area contributed by atoms with Gasteiger partial charge in [0.1, 0.15) is 0 Å². The van der Waals surface area contributed by atoms with E-state index in [9.17, 15) is 4.79 Å². The monoisotopic (exact) mass is 221 g/mol. The Morgan fingerprint density at radius 1 is 1.50 bits per heavy atom. The standard InChI is InChI=1S/C10H15N5O/c1-14(2)6-3-7-15-10-9(12-13-15)8(16)4-5-11-10/h4-5H,3,6-7H2,1-2H3,(H,11,16). The Morgan fingerprint density at radius 3 is 3.06 bits per heavy atom. The van der Waals surface area contributed by atoms with Gasteiger partial charge in [0.25, 0.3) is 0 Å². The van der Waals surface area contributed by atoms with Crippen LogP contribution in [-0.2, 0) is 6.54 Å². The lowest BCUT2D eigenvalue weighted by molar-refractivity contribution is 0.380. The predicted molar refractivity (Wildman–Crippen MR) is 61.3 cm³/mol. The fourth-order valence-corrected chi connectivity index (χ4v) is 1.59. The normalized spacial score (nSPS) is 11.4. The lowest BCUT2D eigenvalue weighted by Gasteiger charge is -2.08. The smallest absolute Gasteiger partial charge is 0.211 e. The fraction of sp³-hybridized carbons (Fsp3) is 0.500. The van der Waals surface area contributed by atoms with Gasteiger partial charge in [-0.3, -0.25) is 4.79 Å². The van der Waals surface area contributed by atoms with Gasteiger partial charge in [0.15, 0.2) is 11.2 Å². The van der Waals surface area contributed by atoms with Crippen molar-refractivity contribution >= 4 is 11.2 Å². The molecule has 0 unspecified atom stereocenters. The molecule has 2 heterocycles. The van der Waals surface area contributed by atoms with Gasteiger partial charge in [-0.15, -0.1) is 5.10 Å². The van der Waals surface area contributed by atoms with E-state index >= 15 is 0 Å². The molecule has 0 saturated heterocycles. The molecule has 0 bridgehead atoms. The van der Waals surface area contributed by atoms with Gasteiger partial charge >= 0.3 is 0 Å². The lowest BCUT2D eigenvalue weighted by atomic mass is 10.4. The highest BCUT2D eigenvalue weighted by Gasteiger charge is 2.06. The average molecular weight is 221 g/mol. The molecule has 2 rings (SSSR count). The Hall–Kier alpha value is -1.69. The lowest BCUT2D eigenvalue weighted by Crippen LogP contribution is -2.15. The number of aromatic amines is 1. The molecule has 0 aliphatic carbocycles. The summed E-state index contributed by atoms with van der Waals surface area (Å²) in [6, 6.07) is 1.46. The Bertz CT molecular complexity index is 527. The second kappa shape index (κ2) is 4.44. The zero-order chi connectivity index (χ0) is 11.5. The summed E-state index contributed by atoms with van der Waals surface area (Å²) < 4.78 is 1.74. The Labute approximate surface area is 92.9 Å². The van der Waals surface area contributed by atoms with Gasteiger partial charge < -0.3 is 9.88 Å². The summed E-state index contributed by atoms with van der Waals surface area (Å²) in [5.41, 5.74) is 1.02. The highest BCUT2D eigenvalue weighted by Crippen LogP contribution is 2.02. The van der Waals surface area contributed by atoms with Crippen molar-refractivity contribution in [2.75, 3.05) is 20.6 Å². The summed E-state index contributed by atoms with van der Waals surface area (Å²) in [6.45, 7) is 1.74. The van der Waals surface area contributed by atoms with Crippen LogP contribution in [0.1, 0.15) is 6.42 Å². The highest BCUT2D eigenvalue weighted by atomic mass is 16.1. The first-order valence-electron chi connectivity index (χ1n) is 5.24. The van der Waals surface area contributed by atoms with Crippen molar-refractivity contribution in [1.29, 1.82) is 0 Å². The Kier molecular flexibility index (Phi) is 3.00. The third kappa shape index (κ3) is 2.11. The topological polar surface area (TPSA) is 66.8 Å². The summed E-state index contributed by atoms with van der Waals surface area (Å²) in [7, 11) is 4.06. The van der Waals surface area contributed by atoms with Gasteiger partial charge in [-0.25, -0.2) is 4.68 Å². The van der Waals surface area contributed by atoms with Crippen LogP contribution in [-0.4, -0.2) is 45.5 Å². The number of aryl methyl sites for hydroxylation is 1. The number of nitrogens with zero attached hydrogens (tertiary/aromatic N) is 4. The maximum Gasteiger partial charge on any atom is 0.211 e. The molecule has 6 nitrogen and oxygen atoms in total. The fourth-order valence-electron chi connectivity index (χ4n) is 1.59. The van der Waals surface area contributed by atoms with E-state index in [0.29, 0.717) is 11.2 Å². The molecule has 86 valence electrons. The summed E-state index contributed by atoms with van der Waals surface area (Å²) in [5.74, 6) is 0. The van der Waals surface area contributed by atoms with Crippen molar-refractivity contribution < 1.29 is 0 Å². The first-order valence-corrected chi connectivity index (χ1v) is 5.24. The molecule has 0 aliphatic rings. The summed E-state index contributed by atoms with van der Waals surface area (Å²) in [6.07, 6.45) is 2.60. The van der Waals surface area contributed by atoms with E-state index in [1.54, 1.807) is 10.9 Å². The van der Waals surface area contributed by atoms with Crippen molar-refractivity contribution in [3.63, 3.8) is 0 Å². The molecule has 16 heavy (non-hydrogen) atoms. The third-order valence-electron chi connectivity index (χ3n) is 2.40. The molecule has 0 amide bonds. The number of nitrogens with one attached hydrogen (secondary N) is 1. The van der Waals surface area contributed by atoms with Crippen LogP contribution < -0.4 is 5.43 Å². The van der Waals surface area contributed by atoms with E-state index in [1.807, 2.05) is 14.1 Å². The van der Waals surface area contributed by atoms with Gasteiger partial charge in [-0.1, -0.05) is 5.21 Å². The van der Waals surface area contributed by atoms with E-state index in [1.165, 1.54) is 6.07 Å². The van der Waals surface area contributed by atoms with E-state index < -0.39 is 0 Å². The number of rotatable bonds is 4. The minimum absolute atomic E-state index is 0.0902.